The fourth-order valence-corrected chi connectivity index (χ4v) is 6.03. The molecule has 2 N–H and O–H groups in total. The molecule has 4 rings (SSSR count). The standard InChI is InChI=1S/C18H27N5O2S/c1-13-7-11-22(12-8-13)26(24,25)16-15-18(21-10-9-20-15)23(17(16)19)14-5-3-2-4-6-14/h9-10,13-14H,2-8,11-12,19H2,1H3. The van der Waals surface area contributed by atoms with E-state index in [1.54, 1.807) is 16.7 Å². The van der Waals surface area contributed by atoms with E-state index in [-0.39, 0.29) is 10.9 Å². The van der Waals surface area contributed by atoms with Crippen molar-refractivity contribution in [2.24, 2.45) is 5.92 Å². The summed E-state index contributed by atoms with van der Waals surface area (Å²) in [4.78, 5) is 8.96. The second kappa shape index (κ2) is 6.81. The Balaban J connectivity index is 1.83. The Hall–Kier alpha value is -1.67. The lowest BCUT2D eigenvalue weighted by molar-refractivity contribution is 0.288. The third kappa shape index (κ3) is 2.89. The average Bonchev–Trinajstić information content (AvgIpc) is 2.95. The molecule has 3 heterocycles. The molecule has 2 aliphatic rings. The highest BCUT2D eigenvalue weighted by Crippen LogP contribution is 2.39. The number of anilines is 1. The Morgan fingerprint density at radius 3 is 2.38 bits per heavy atom. The third-order valence-corrected chi connectivity index (χ3v) is 7.86. The summed E-state index contributed by atoms with van der Waals surface area (Å²) < 4.78 is 30.3. The Bertz CT molecular complexity index is 894. The fraction of sp³-hybridized carbons (Fsp3) is 0.667. The third-order valence-electron chi connectivity index (χ3n) is 5.89. The quantitative estimate of drug-likeness (QED) is 0.887. The zero-order valence-electron chi connectivity index (χ0n) is 15.3. The molecule has 8 heteroatoms. The van der Waals surface area contributed by atoms with Crippen LogP contribution in [0, 0.1) is 5.92 Å². The highest BCUT2D eigenvalue weighted by molar-refractivity contribution is 7.89. The SMILES string of the molecule is CC1CCN(S(=O)(=O)c2c(N)n(C3CCCCC3)c3nccnc23)CC1. The average molecular weight is 378 g/mol. The first-order valence-corrected chi connectivity index (χ1v) is 11.0. The van der Waals surface area contributed by atoms with E-state index < -0.39 is 10.0 Å². The van der Waals surface area contributed by atoms with Crippen LogP contribution >= 0.6 is 0 Å². The normalized spacial score (nSPS) is 21.4. The van der Waals surface area contributed by atoms with Gasteiger partial charge in [0.2, 0.25) is 10.0 Å². The minimum absolute atomic E-state index is 0.153. The van der Waals surface area contributed by atoms with Crippen molar-refractivity contribution in [2.75, 3.05) is 18.8 Å². The van der Waals surface area contributed by atoms with Crippen molar-refractivity contribution in [3.05, 3.63) is 12.4 Å². The van der Waals surface area contributed by atoms with Crippen molar-refractivity contribution in [1.82, 2.24) is 18.8 Å². The maximum atomic E-state index is 13.4. The molecule has 7 nitrogen and oxygen atoms in total. The van der Waals surface area contributed by atoms with Crippen molar-refractivity contribution in [2.45, 2.75) is 62.8 Å². The van der Waals surface area contributed by atoms with E-state index in [2.05, 4.69) is 16.9 Å². The molecular weight excluding hydrogens is 350 g/mol. The van der Waals surface area contributed by atoms with Gasteiger partial charge in [0, 0.05) is 31.5 Å². The van der Waals surface area contributed by atoms with Crippen LogP contribution in [0.25, 0.3) is 11.2 Å². The summed E-state index contributed by atoms with van der Waals surface area (Å²) in [7, 11) is -3.68. The number of rotatable bonds is 3. The Labute approximate surface area is 154 Å². The summed E-state index contributed by atoms with van der Waals surface area (Å²) in [6.45, 7) is 3.25. The number of nitrogens with zero attached hydrogens (tertiary/aromatic N) is 4. The second-order valence-electron chi connectivity index (χ2n) is 7.69. The first-order chi connectivity index (χ1) is 12.5. The largest absolute Gasteiger partial charge is 0.384 e. The van der Waals surface area contributed by atoms with E-state index >= 15 is 0 Å². The van der Waals surface area contributed by atoms with Crippen LogP contribution in [-0.4, -0.2) is 40.3 Å². The summed E-state index contributed by atoms with van der Waals surface area (Å²) in [5.41, 5.74) is 7.45. The van der Waals surface area contributed by atoms with Gasteiger partial charge in [0.25, 0.3) is 0 Å². The summed E-state index contributed by atoms with van der Waals surface area (Å²) in [5.74, 6) is 0.860. The van der Waals surface area contributed by atoms with Crippen LogP contribution in [0.4, 0.5) is 5.82 Å². The Kier molecular flexibility index (Phi) is 4.64. The maximum Gasteiger partial charge on any atom is 0.248 e. The van der Waals surface area contributed by atoms with Gasteiger partial charge >= 0.3 is 0 Å². The van der Waals surface area contributed by atoms with Crippen LogP contribution in [0.15, 0.2) is 17.3 Å². The number of fused-ring (bicyclic) bond motifs is 1. The first kappa shape index (κ1) is 17.7. The molecule has 0 spiro atoms. The number of sulfonamides is 1. The van der Waals surface area contributed by atoms with Crippen LogP contribution in [-0.2, 0) is 10.0 Å². The molecule has 0 unspecified atom stereocenters. The predicted octanol–water partition coefficient (Wildman–Crippen LogP) is 2.94. The lowest BCUT2D eigenvalue weighted by Crippen LogP contribution is -2.38. The summed E-state index contributed by atoms with van der Waals surface area (Å²) >= 11 is 0. The van der Waals surface area contributed by atoms with E-state index in [4.69, 9.17) is 5.73 Å². The summed E-state index contributed by atoms with van der Waals surface area (Å²) in [6.07, 6.45) is 10.4. The van der Waals surface area contributed by atoms with Gasteiger partial charge in [0.15, 0.2) is 10.5 Å². The lowest BCUT2D eigenvalue weighted by atomic mass is 9.95. The highest BCUT2D eigenvalue weighted by atomic mass is 32.2. The smallest absolute Gasteiger partial charge is 0.248 e. The van der Waals surface area contributed by atoms with Gasteiger partial charge in [-0.3, -0.25) is 0 Å². The van der Waals surface area contributed by atoms with E-state index in [0.717, 1.165) is 38.5 Å². The zero-order valence-corrected chi connectivity index (χ0v) is 16.1. The van der Waals surface area contributed by atoms with Crippen LogP contribution in [0.5, 0.6) is 0 Å². The maximum absolute atomic E-state index is 13.4. The minimum Gasteiger partial charge on any atom is -0.384 e. The van der Waals surface area contributed by atoms with Gasteiger partial charge < -0.3 is 10.3 Å². The number of hydrogen-bond donors (Lipinski definition) is 1. The van der Waals surface area contributed by atoms with Gasteiger partial charge in [0.05, 0.1) is 0 Å². The van der Waals surface area contributed by atoms with E-state index in [0.29, 0.717) is 36.0 Å². The van der Waals surface area contributed by atoms with Crippen LogP contribution < -0.4 is 5.73 Å². The molecule has 142 valence electrons. The molecule has 1 aliphatic heterocycles. The topological polar surface area (TPSA) is 94.1 Å². The van der Waals surface area contributed by atoms with Crippen molar-refractivity contribution < 1.29 is 8.42 Å². The molecular formula is C18H27N5O2S. The molecule has 1 aliphatic carbocycles. The fourth-order valence-electron chi connectivity index (χ4n) is 4.33. The van der Waals surface area contributed by atoms with Crippen LogP contribution in [0.2, 0.25) is 0 Å². The van der Waals surface area contributed by atoms with E-state index in [9.17, 15) is 8.42 Å². The van der Waals surface area contributed by atoms with Crippen molar-refractivity contribution in [1.29, 1.82) is 0 Å². The van der Waals surface area contributed by atoms with Crippen molar-refractivity contribution >= 4 is 27.0 Å². The molecule has 0 amide bonds. The molecule has 0 radical (unpaired) electrons. The molecule has 2 aromatic rings. The molecule has 0 bridgehead atoms. The Morgan fingerprint density at radius 1 is 1.04 bits per heavy atom. The van der Waals surface area contributed by atoms with E-state index in [1.165, 1.54) is 6.42 Å². The molecule has 2 fully saturated rings. The lowest BCUT2D eigenvalue weighted by Gasteiger charge is -2.29. The number of piperidine rings is 1. The van der Waals surface area contributed by atoms with Crippen molar-refractivity contribution in [3.8, 4) is 0 Å². The van der Waals surface area contributed by atoms with Gasteiger partial charge in [-0.1, -0.05) is 26.2 Å². The monoisotopic (exact) mass is 377 g/mol. The highest BCUT2D eigenvalue weighted by Gasteiger charge is 2.36. The van der Waals surface area contributed by atoms with Crippen LogP contribution in [0.3, 0.4) is 0 Å². The molecule has 1 saturated carbocycles. The summed E-state index contributed by atoms with van der Waals surface area (Å²) in [5, 5.41) is 0. The van der Waals surface area contributed by atoms with E-state index in [1.807, 2.05) is 4.57 Å². The molecule has 26 heavy (non-hydrogen) atoms. The Morgan fingerprint density at radius 2 is 1.69 bits per heavy atom. The van der Waals surface area contributed by atoms with Gasteiger partial charge in [-0.25, -0.2) is 18.4 Å². The number of hydrogen-bond acceptors (Lipinski definition) is 5. The molecule has 1 saturated heterocycles. The van der Waals surface area contributed by atoms with Gasteiger partial charge in [-0.15, -0.1) is 0 Å². The number of aromatic nitrogens is 3. The first-order valence-electron chi connectivity index (χ1n) is 9.60. The van der Waals surface area contributed by atoms with Gasteiger partial charge in [0.1, 0.15) is 11.3 Å². The molecule has 2 aromatic heterocycles. The molecule has 0 atom stereocenters. The second-order valence-corrected chi connectivity index (χ2v) is 9.57. The van der Waals surface area contributed by atoms with Crippen LogP contribution in [0.1, 0.15) is 57.9 Å². The number of nitrogen functional groups attached to an aromatic ring is 1. The molecule has 0 aromatic carbocycles. The summed E-state index contributed by atoms with van der Waals surface area (Å²) in [6, 6.07) is 0.202. The van der Waals surface area contributed by atoms with Crippen molar-refractivity contribution in [3.63, 3.8) is 0 Å². The number of nitrogens with two attached hydrogens (primary N) is 1. The zero-order chi connectivity index (χ0) is 18.3. The van der Waals surface area contributed by atoms with Gasteiger partial charge in [-0.05, 0) is 31.6 Å². The van der Waals surface area contributed by atoms with Gasteiger partial charge in [-0.2, -0.15) is 4.31 Å². The minimum atomic E-state index is -3.68. The predicted molar refractivity (Wildman–Crippen MR) is 101 cm³/mol.